The molecule has 3 rings (SSSR count). The van der Waals surface area contributed by atoms with Crippen molar-refractivity contribution < 1.29 is 0 Å². The van der Waals surface area contributed by atoms with E-state index in [1.807, 2.05) is 47.3 Å². The van der Waals surface area contributed by atoms with Gasteiger partial charge in [0.15, 0.2) is 5.11 Å². The van der Waals surface area contributed by atoms with E-state index in [4.69, 9.17) is 12.2 Å². The fraction of sp³-hybridized carbons (Fsp3) is 0.111. The Morgan fingerprint density at radius 1 is 0.870 bits per heavy atom. The zero-order chi connectivity index (χ0) is 15.9. The molecule has 2 N–H and O–H groups in total. The first-order chi connectivity index (χ1) is 11.3. The second kappa shape index (κ2) is 7.56. The van der Waals surface area contributed by atoms with Crippen molar-refractivity contribution in [3.8, 4) is 5.69 Å². The highest BCUT2D eigenvalue weighted by molar-refractivity contribution is 7.80. The fourth-order valence-electron chi connectivity index (χ4n) is 2.21. The number of hydrogen-bond acceptors (Lipinski definition) is 2. The highest BCUT2D eigenvalue weighted by atomic mass is 32.1. The Balaban J connectivity index is 1.47. The van der Waals surface area contributed by atoms with E-state index in [1.54, 1.807) is 6.20 Å². The van der Waals surface area contributed by atoms with E-state index in [0.717, 1.165) is 12.2 Å². The summed E-state index contributed by atoms with van der Waals surface area (Å²) < 4.78 is 1.84. The minimum atomic E-state index is 0.657. The Morgan fingerprint density at radius 2 is 1.52 bits per heavy atom. The van der Waals surface area contributed by atoms with Gasteiger partial charge in [-0.05, 0) is 41.5 Å². The molecule has 0 saturated carbocycles. The van der Waals surface area contributed by atoms with Crippen molar-refractivity contribution >= 4 is 17.3 Å². The summed E-state index contributed by atoms with van der Waals surface area (Å²) in [5, 5.41) is 11.3. The highest BCUT2D eigenvalue weighted by Crippen LogP contribution is 2.08. The van der Waals surface area contributed by atoms with Gasteiger partial charge in [0.2, 0.25) is 0 Å². The van der Waals surface area contributed by atoms with Crippen LogP contribution >= 0.6 is 12.2 Å². The number of aromatic nitrogens is 2. The normalized spacial score (nSPS) is 10.3. The standard InChI is InChI=1S/C18H18N4S/c23-18(19-13-15-5-2-1-3-6-15)20-14-16-7-9-17(10-8-16)22-12-4-11-21-22/h1-12H,13-14H2,(H2,19,20,23). The maximum Gasteiger partial charge on any atom is 0.166 e. The van der Waals surface area contributed by atoms with Gasteiger partial charge in [0.05, 0.1) is 5.69 Å². The maximum absolute atomic E-state index is 5.31. The molecule has 1 aromatic heterocycles. The van der Waals surface area contributed by atoms with Gasteiger partial charge in [-0.25, -0.2) is 4.68 Å². The van der Waals surface area contributed by atoms with Gasteiger partial charge in [-0.2, -0.15) is 5.10 Å². The molecule has 0 atom stereocenters. The number of rotatable bonds is 5. The number of nitrogens with zero attached hydrogens (tertiary/aromatic N) is 2. The summed E-state index contributed by atoms with van der Waals surface area (Å²) >= 11 is 5.31. The molecular weight excluding hydrogens is 304 g/mol. The smallest absolute Gasteiger partial charge is 0.166 e. The number of hydrogen-bond donors (Lipinski definition) is 2. The molecule has 5 heteroatoms. The van der Waals surface area contributed by atoms with Crippen LogP contribution in [0.1, 0.15) is 11.1 Å². The van der Waals surface area contributed by atoms with Crippen molar-refractivity contribution in [2.75, 3.05) is 0 Å². The molecule has 0 radical (unpaired) electrons. The molecule has 116 valence electrons. The van der Waals surface area contributed by atoms with Crippen LogP contribution in [0, 0.1) is 0 Å². The average Bonchev–Trinajstić information content (AvgIpc) is 3.14. The van der Waals surface area contributed by atoms with Crippen LogP contribution in [0.5, 0.6) is 0 Å². The second-order valence-electron chi connectivity index (χ2n) is 5.14. The molecule has 3 aromatic rings. The Bertz CT molecular complexity index is 736. The summed E-state index contributed by atoms with van der Waals surface area (Å²) in [5.41, 5.74) is 3.42. The minimum absolute atomic E-state index is 0.657. The Morgan fingerprint density at radius 3 is 2.13 bits per heavy atom. The minimum Gasteiger partial charge on any atom is -0.359 e. The Labute approximate surface area is 141 Å². The summed E-state index contributed by atoms with van der Waals surface area (Å²) in [6.07, 6.45) is 3.70. The van der Waals surface area contributed by atoms with Gasteiger partial charge in [-0.1, -0.05) is 42.5 Å². The number of benzene rings is 2. The fourth-order valence-corrected chi connectivity index (χ4v) is 2.36. The molecule has 0 aliphatic heterocycles. The largest absolute Gasteiger partial charge is 0.359 e. The van der Waals surface area contributed by atoms with Crippen molar-refractivity contribution in [1.29, 1.82) is 0 Å². The van der Waals surface area contributed by atoms with Crippen LogP contribution in [-0.4, -0.2) is 14.9 Å². The van der Waals surface area contributed by atoms with Gasteiger partial charge in [-0.15, -0.1) is 0 Å². The third-order valence-corrected chi connectivity index (χ3v) is 3.74. The molecule has 23 heavy (non-hydrogen) atoms. The molecule has 0 unspecified atom stereocenters. The van der Waals surface area contributed by atoms with Gasteiger partial charge in [-0.3, -0.25) is 0 Å². The zero-order valence-electron chi connectivity index (χ0n) is 12.6. The highest BCUT2D eigenvalue weighted by Gasteiger charge is 1.99. The quantitative estimate of drug-likeness (QED) is 0.709. The molecular formula is C18H18N4S. The lowest BCUT2D eigenvalue weighted by molar-refractivity contribution is 0.831. The molecule has 0 aliphatic carbocycles. The van der Waals surface area contributed by atoms with Crippen molar-refractivity contribution in [3.63, 3.8) is 0 Å². The molecule has 0 spiro atoms. The molecule has 1 heterocycles. The van der Waals surface area contributed by atoms with Crippen molar-refractivity contribution in [2.24, 2.45) is 0 Å². The predicted octanol–water partition coefficient (Wildman–Crippen LogP) is 3.04. The Hall–Kier alpha value is -2.66. The van der Waals surface area contributed by atoms with Gasteiger partial charge in [0.25, 0.3) is 0 Å². The second-order valence-corrected chi connectivity index (χ2v) is 5.55. The van der Waals surface area contributed by atoms with E-state index in [2.05, 4.69) is 40.0 Å². The third kappa shape index (κ3) is 4.40. The molecule has 0 bridgehead atoms. The van der Waals surface area contributed by atoms with E-state index >= 15 is 0 Å². The summed E-state index contributed by atoms with van der Waals surface area (Å²) in [7, 11) is 0. The summed E-state index contributed by atoms with van der Waals surface area (Å²) in [4.78, 5) is 0. The van der Waals surface area contributed by atoms with Crippen LogP contribution in [0.2, 0.25) is 0 Å². The Kier molecular flexibility index (Phi) is 5.01. The SMILES string of the molecule is S=C(NCc1ccccc1)NCc1ccc(-n2cccn2)cc1. The lowest BCUT2D eigenvalue weighted by atomic mass is 10.2. The van der Waals surface area contributed by atoms with Gasteiger partial charge in [0, 0.05) is 25.5 Å². The van der Waals surface area contributed by atoms with Crippen molar-refractivity contribution in [2.45, 2.75) is 13.1 Å². The molecule has 0 amide bonds. The van der Waals surface area contributed by atoms with E-state index in [9.17, 15) is 0 Å². The van der Waals surface area contributed by atoms with Gasteiger partial charge >= 0.3 is 0 Å². The van der Waals surface area contributed by atoms with Crippen molar-refractivity contribution in [3.05, 3.63) is 84.2 Å². The monoisotopic (exact) mass is 322 g/mol. The van der Waals surface area contributed by atoms with Gasteiger partial charge < -0.3 is 10.6 Å². The van der Waals surface area contributed by atoms with Crippen molar-refractivity contribution in [1.82, 2.24) is 20.4 Å². The summed E-state index contributed by atoms with van der Waals surface area (Å²) in [5.74, 6) is 0. The van der Waals surface area contributed by atoms with E-state index < -0.39 is 0 Å². The van der Waals surface area contributed by atoms with Crippen LogP contribution in [0.25, 0.3) is 5.69 Å². The van der Waals surface area contributed by atoms with Crippen LogP contribution < -0.4 is 10.6 Å². The van der Waals surface area contributed by atoms with Crippen LogP contribution in [-0.2, 0) is 13.1 Å². The first-order valence-corrected chi connectivity index (χ1v) is 7.87. The molecule has 0 fully saturated rings. The first-order valence-electron chi connectivity index (χ1n) is 7.46. The average molecular weight is 322 g/mol. The van der Waals surface area contributed by atoms with E-state index in [0.29, 0.717) is 11.7 Å². The van der Waals surface area contributed by atoms with Crippen LogP contribution in [0.3, 0.4) is 0 Å². The first kappa shape index (κ1) is 15.2. The molecule has 0 aliphatic rings. The lowest BCUT2D eigenvalue weighted by Crippen LogP contribution is -2.34. The topological polar surface area (TPSA) is 41.9 Å². The zero-order valence-corrected chi connectivity index (χ0v) is 13.5. The maximum atomic E-state index is 5.31. The lowest BCUT2D eigenvalue weighted by Gasteiger charge is -2.11. The van der Waals surface area contributed by atoms with Crippen LogP contribution in [0.15, 0.2) is 73.1 Å². The van der Waals surface area contributed by atoms with E-state index in [-0.39, 0.29) is 0 Å². The summed E-state index contributed by atoms with van der Waals surface area (Å²) in [6, 6.07) is 20.3. The molecule has 0 saturated heterocycles. The van der Waals surface area contributed by atoms with E-state index in [1.165, 1.54) is 11.1 Å². The molecule has 2 aromatic carbocycles. The molecule has 4 nitrogen and oxygen atoms in total. The van der Waals surface area contributed by atoms with Crippen LogP contribution in [0.4, 0.5) is 0 Å². The van der Waals surface area contributed by atoms with Gasteiger partial charge in [0.1, 0.15) is 0 Å². The predicted molar refractivity (Wildman–Crippen MR) is 96.3 cm³/mol. The third-order valence-electron chi connectivity index (χ3n) is 3.45. The summed E-state index contributed by atoms with van der Waals surface area (Å²) in [6.45, 7) is 1.42. The number of nitrogens with one attached hydrogen (secondary N) is 2. The number of thiocarbonyl (C=S) groups is 1.